The largest absolute Gasteiger partial charge is 0.317 e. The molecule has 5 rings (SSSR count). The number of hydrogen-bond donors (Lipinski definition) is 1. The monoisotopic (exact) mass is 586 g/mol. The second-order valence-electron chi connectivity index (χ2n) is 11.8. The molecule has 0 spiro atoms. The molecule has 0 aromatic heterocycles. The molecule has 0 bridgehead atoms. The molecule has 0 amide bonds. The molecule has 4 heteroatoms. The van der Waals surface area contributed by atoms with Crippen LogP contribution in [0.2, 0.25) is 0 Å². The number of anilines is 2. The van der Waals surface area contributed by atoms with Gasteiger partial charge in [0.05, 0.1) is 24.2 Å². The number of likely N-dealkylation sites (N-methyl/N-ethyl adjacent to an activating group) is 1. The summed E-state index contributed by atoms with van der Waals surface area (Å²) in [6.07, 6.45) is 12.8. The Hall–Kier alpha value is -3.96. The van der Waals surface area contributed by atoms with Gasteiger partial charge in [-0.1, -0.05) is 133 Å². The molecule has 1 fully saturated rings. The maximum atomic E-state index is 4.29. The van der Waals surface area contributed by atoms with Gasteiger partial charge in [0.1, 0.15) is 0 Å². The number of fused-ring (bicyclic) bond motifs is 1. The first-order valence-electron chi connectivity index (χ1n) is 15.9. The summed E-state index contributed by atoms with van der Waals surface area (Å²) in [5.74, 6) is 1.00. The highest BCUT2D eigenvalue weighted by Gasteiger charge is 2.39. The second kappa shape index (κ2) is 15.2. The molecule has 1 N–H and O–H groups in total. The summed E-state index contributed by atoms with van der Waals surface area (Å²) in [6.45, 7) is 19.4. The van der Waals surface area contributed by atoms with E-state index in [1.54, 1.807) is 0 Å². The molecule has 1 saturated heterocycles. The third kappa shape index (κ3) is 7.05. The molecule has 2 aliphatic rings. The molecule has 4 atom stereocenters. The number of nitrogens with zero attached hydrogens (tertiary/aromatic N) is 3. The molecule has 230 valence electrons. The maximum Gasteiger partial charge on any atom is 0.0911 e. The van der Waals surface area contributed by atoms with E-state index < -0.39 is 0 Å². The number of rotatable bonds is 7. The van der Waals surface area contributed by atoms with Crippen LogP contribution >= 0.6 is 0 Å². The van der Waals surface area contributed by atoms with Gasteiger partial charge in [-0.3, -0.25) is 15.1 Å². The number of para-hydroxylation sites is 1. The van der Waals surface area contributed by atoms with Gasteiger partial charge in [0.2, 0.25) is 0 Å². The van der Waals surface area contributed by atoms with Crippen molar-refractivity contribution in [1.29, 1.82) is 0 Å². The van der Waals surface area contributed by atoms with E-state index in [1.807, 2.05) is 26.0 Å². The van der Waals surface area contributed by atoms with Gasteiger partial charge >= 0.3 is 0 Å². The smallest absolute Gasteiger partial charge is 0.0911 e. The third-order valence-corrected chi connectivity index (χ3v) is 8.70. The molecular formula is C40H50N4. The van der Waals surface area contributed by atoms with E-state index in [0.29, 0.717) is 11.8 Å². The summed E-state index contributed by atoms with van der Waals surface area (Å²) < 4.78 is 0. The summed E-state index contributed by atoms with van der Waals surface area (Å²) in [5, 5.41) is 3.97. The van der Waals surface area contributed by atoms with E-state index in [1.165, 1.54) is 16.7 Å². The molecule has 3 aromatic rings. The van der Waals surface area contributed by atoms with Crippen molar-refractivity contribution in [2.45, 2.75) is 53.1 Å². The van der Waals surface area contributed by atoms with Gasteiger partial charge in [-0.2, -0.15) is 0 Å². The van der Waals surface area contributed by atoms with Gasteiger partial charge in [-0.25, -0.2) is 0 Å². The van der Waals surface area contributed by atoms with Crippen LogP contribution in [0.3, 0.4) is 0 Å². The Morgan fingerprint density at radius 3 is 2.14 bits per heavy atom. The zero-order valence-electron chi connectivity index (χ0n) is 27.6. The average Bonchev–Trinajstić information content (AvgIpc) is 3.04. The van der Waals surface area contributed by atoms with Crippen molar-refractivity contribution in [2.24, 2.45) is 11.8 Å². The molecule has 4 nitrogen and oxygen atoms in total. The first-order valence-corrected chi connectivity index (χ1v) is 15.9. The fourth-order valence-electron chi connectivity index (χ4n) is 5.95. The van der Waals surface area contributed by atoms with Crippen molar-refractivity contribution in [2.75, 3.05) is 19.0 Å². The topological polar surface area (TPSA) is 21.8 Å². The first kappa shape index (κ1) is 32.9. The lowest BCUT2D eigenvalue weighted by molar-refractivity contribution is -0.0516. The molecule has 4 unspecified atom stereocenters. The predicted octanol–water partition coefficient (Wildman–Crippen LogP) is 9.84. The van der Waals surface area contributed by atoms with E-state index in [4.69, 9.17) is 0 Å². The Morgan fingerprint density at radius 1 is 0.818 bits per heavy atom. The highest BCUT2D eigenvalue weighted by molar-refractivity contribution is 5.85. The highest BCUT2D eigenvalue weighted by atomic mass is 15.5. The number of nitrogens with one attached hydrogen (secondary N) is 1. The van der Waals surface area contributed by atoms with E-state index in [9.17, 15) is 0 Å². The molecule has 2 aliphatic heterocycles. The summed E-state index contributed by atoms with van der Waals surface area (Å²) in [7, 11) is 4.41. The standard InChI is InChI=1S/C38H44N4.C2H6/c1-8-30(26-29(5)27(2)3)36-39-37(41(7)38(40(36)6)32-17-10-9-11-18-32)31-21-23-33(24-22-31)42-25-15-14-16-28(4)34-19-12-13-20-35(34)42;1-2/h8-27,29,36-39H,1,4H2,2-3,5-7H3;1-2H3/b16-14-,25-15-,30-26+;. The van der Waals surface area contributed by atoms with Crippen LogP contribution in [0.1, 0.15) is 63.6 Å². The minimum Gasteiger partial charge on any atom is -0.317 e. The minimum absolute atomic E-state index is 0.000959. The van der Waals surface area contributed by atoms with E-state index in [0.717, 1.165) is 22.5 Å². The molecule has 3 aromatic carbocycles. The van der Waals surface area contributed by atoms with Crippen molar-refractivity contribution in [3.63, 3.8) is 0 Å². The molecule has 0 radical (unpaired) electrons. The van der Waals surface area contributed by atoms with Crippen LogP contribution in [0.15, 0.2) is 134 Å². The summed E-state index contributed by atoms with van der Waals surface area (Å²) in [5.41, 5.74) is 8.06. The molecular weight excluding hydrogens is 536 g/mol. The number of allylic oxidation sites excluding steroid dienone is 5. The Morgan fingerprint density at radius 2 is 1.48 bits per heavy atom. The quantitative estimate of drug-likeness (QED) is 0.278. The summed E-state index contributed by atoms with van der Waals surface area (Å²) in [6, 6.07) is 28.2. The number of benzene rings is 3. The van der Waals surface area contributed by atoms with E-state index in [2.05, 4.69) is 171 Å². The zero-order chi connectivity index (χ0) is 31.8. The first-order chi connectivity index (χ1) is 21.3. The van der Waals surface area contributed by atoms with Gasteiger partial charge in [-0.05, 0) is 72.5 Å². The lowest BCUT2D eigenvalue weighted by Gasteiger charge is -2.51. The zero-order valence-corrected chi connectivity index (χ0v) is 27.6. The highest BCUT2D eigenvalue weighted by Crippen LogP contribution is 2.39. The van der Waals surface area contributed by atoms with Gasteiger partial charge in [0, 0.05) is 17.5 Å². The average molecular weight is 587 g/mol. The van der Waals surface area contributed by atoms with Crippen molar-refractivity contribution in [1.82, 2.24) is 15.1 Å². The van der Waals surface area contributed by atoms with Gasteiger partial charge in [0.15, 0.2) is 0 Å². The van der Waals surface area contributed by atoms with Crippen molar-refractivity contribution in [3.05, 3.63) is 151 Å². The van der Waals surface area contributed by atoms with Crippen LogP contribution in [-0.4, -0.2) is 30.1 Å². The van der Waals surface area contributed by atoms with E-state index >= 15 is 0 Å². The fourth-order valence-corrected chi connectivity index (χ4v) is 5.95. The molecule has 0 aliphatic carbocycles. The Bertz CT molecular complexity index is 1480. The maximum absolute atomic E-state index is 4.29. The lowest BCUT2D eigenvalue weighted by Crippen LogP contribution is -2.60. The van der Waals surface area contributed by atoms with Crippen LogP contribution in [-0.2, 0) is 0 Å². The molecule has 2 heterocycles. The predicted molar refractivity (Wildman–Crippen MR) is 190 cm³/mol. The summed E-state index contributed by atoms with van der Waals surface area (Å²) >= 11 is 0. The Balaban J connectivity index is 0.00000216. The van der Waals surface area contributed by atoms with Crippen LogP contribution in [0.4, 0.5) is 11.4 Å². The Labute approximate surface area is 266 Å². The van der Waals surface area contributed by atoms with Crippen molar-refractivity contribution < 1.29 is 0 Å². The SMILES string of the molecule is C=C/C(=C\C(C)C(C)C)C1NC(c2ccc(N3/C=C\C=C/C(=C)c4ccccc43)cc2)N(C)C(c2ccccc2)N1C.CC. The Kier molecular flexibility index (Phi) is 11.4. The third-order valence-electron chi connectivity index (χ3n) is 8.70. The fraction of sp³-hybridized carbons (Fsp3) is 0.300. The second-order valence-corrected chi connectivity index (χ2v) is 11.8. The normalized spacial score (nSPS) is 23.1. The number of hydrogen-bond acceptors (Lipinski definition) is 4. The van der Waals surface area contributed by atoms with Gasteiger partial charge < -0.3 is 4.90 Å². The molecule has 0 saturated carbocycles. The van der Waals surface area contributed by atoms with Crippen LogP contribution in [0.5, 0.6) is 0 Å². The van der Waals surface area contributed by atoms with Gasteiger partial charge in [0.25, 0.3) is 0 Å². The van der Waals surface area contributed by atoms with Crippen LogP contribution in [0, 0.1) is 11.8 Å². The molecule has 44 heavy (non-hydrogen) atoms. The minimum atomic E-state index is 0.000959. The summed E-state index contributed by atoms with van der Waals surface area (Å²) in [4.78, 5) is 7.08. The van der Waals surface area contributed by atoms with Crippen molar-refractivity contribution in [3.8, 4) is 0 Å². The van der Waals surface area contributed by atoms with E-state index in [-0.39, 0.29) is 18.5 Å². The van der Waals surface area contributed by atoms with Crippen molar-refractivity contribution >= 4 is 16.9 Å². The van der Waals surface area contributed by atoms with Crippen LogP contribution in [0.25, 0.3) is 5.57 Å². The van der Waals surface area contributed by atoms with Gasteiger partial charge in [-0.15, -0.1) is 0 Å². The van der Waals surface area contributed by atoms with Crippen LogP contribution < -0.4 is 10.2 Å². The lowest BCUT2D eigenvalue weighted by atomic mass is 9.93.